The summed E-state index contributed by atoms with van der Waals surface area (Å²) in [4.78, 5) is 8.26. The number of aromatic nitrogens is 2. The van der Waals surface area contributed by atoms with Crippen LogP contribution in [0.5, 0.6) is 17.2 Å². The molecule has 0 bridgehead atoms. The summed E-state index contributed by atoms with van der Waals surface area (Å²) in [7, 11) is 3.34. The molecule has 4 N–H and O–H groups in total. The Labute approximate surface area is 211 Å². The van der Waals surface area contributed by atoms with E-state index in [1.165, 1.54) is 0 Å². The number of benzene rings is 2. The molecule has 9 nitrogen and oxygen atoms in total. The van der Waals surface area contributed by atoms with Gasteiger partial charge in [-0.1, -0.05) is 18.2 Å². The summed E-state index contributed by atoms with van der Waals surface area (Å²) < 4.78 is 28.9. The molecular formula is C27H34N4O5. The van der Waals surface area contributed by atoms with E-state index in [0.29, 0.717) is 24.6 Å². The van der Waals surface area contributed by atoms with E-state index >= 15 is 0 Å². The molecule has 0 aliphatic heterocycles. The number of nitrogens with two attached hydrogens (primary N) is 2. The summed E-state index contributed by atoms with van der Waals surface area (Å²) in [6.45, 7) is 2.67. The molecule has 1 aliphatic carbocycles. The third-order valence-electron chi connectivity index (χ3n) is 6.24. The number of nitrogen functional groups attached to an aromatic ring is 2. The standard InChI is InChI=1S/C27H34N4O5/c1-4-34-23-12-7-18(13-19-15-30-27(29)31-26(19)28)25(36-22-11-10-21(14-22)33-3)24(23)17-5-8-20(9-6-17)35-16-32-2/h5-9,12,15,21-22H,4,10-11,13-14,16H2,1-3H3,(H4,28,29,30,31). The highest BCUT2D eigenvalue weighted by molar-refractivity contribution is 5.79. The highest BCUT2D eigenvalue weighted by atomic mass is 16.7. The molecule has 192 valence electrons. The Morgan fingerprint density at radius 1 is 0.944 bits per heavy atom. The molecule has 1 heterocycles. The molecule has 1 saturated carbocycles. The second-order valence-electron chi connectivity index (χ2n) is 8.66. The molecule has 2 unspecified atom stereocenters. The van der Waals surface area contributed by atoms with Crippen molar-refractivity contribution in [3.8, 4) is 28.4 Å². The van der Waals surface area contributed by atoms with E-state index in [9.17, 15) is 0 Å². The minimum absolute atomic E-state index is 0.0219. The van der Waals surface area contributed by atoms with Crippen molar-refractivity contribution in [3.63, 3.8) is 0 Å². The van der Waals surface area contributed by atoms with E-state index in [4.69, 9.17) is 35.2 Å². The van der Waals surface area contributed by atoms with Gasteiger partial charge in [0.05, 0.1) is 18.3 Å². The summed E-state index contributed by atoms with van der Waals surface area (Å²) in [5.74, 6) is 2.70. The predicted molar refractivity (Wildman–Crippen MR) is 138 cm³/mol. The normalized spacial score (nSPS) is 17.2. The average Bonchev–Trinajstić information content (AvgIpc) is 3.34. The van der Waals surface area contributed by atoms with Crippen LogP contribution in [-0.2, 0) is 15.9 Å². The van der Waals surface area contributed by atoms with Crippen molar-refractivity contribution in [1.82, 2.24) is 9.97 Å². The molecule has 1 aromatic heterocycles. The second-order valence-corrected chi connectivity index (χ2v) is 8.66. The molecule has 4 rings (SSSR count). The van der Waals surface area contributed by atoms with Gasteiger partial charge in [-0.05, 0) is 49.1 Å². The van der Waals surface area contributed by atoms with Crippen molar-refractivity contribution in [2.75, 3.05) is 39.1 Å². The molecule has 0 amide bonds. The third-order valence-corrected chi connectivity index (χ3v) is 6.24. The Kier molecular flexibility index (Phi) is 8.45. The van der Waals surface area contributed by atoms with Gasteiger partial charge in [-0.25, -0.2) is 4.98 Å². The molecule has 0 spiro atoms. The first-order chi connectivity index (χ1) is 17.5. The molecule has 36 heavy (non-hydrogen) atoms. The second kappa shape index (κ2) is 11.9. The summed E-state index contributed by atoms with van der Waals surface area (Å²) in [6, 6.07) is 11.8. The highest BCUT2D eigenvalue weighted by Crippen LogP contribution is 2.44. The van der Waals surface area contributed by atoms with E-state index in [0.717, 1.165) is 53.0 Å². The fourth-order valence-corrected chi connectivity index (χ4v) is 4.44. The van der Waals surface area contributed by atoms with E-state index in [2.05, 4.69) is 9.97 Å². The maximum Gasteiger partial charge on any atom is 0.221 e. The van der Waals surface area contributed by atoms with Crippen LogP contribution in [0.4, 0.5) is 11.8 Å². The van der Waals surface area contributed by atoms with Crippen LogP contribution >= 0.6 is 0 Å². The molecule has 0 radical (unpaired) electrons. The van der Waals surface area contributed by atoms with Gasteiger partial charge in [0.2, 0.25) is 5.95 Å². The number of ether oxygens (including phenoxy) is 5. The molecule has 0 saturated heterocycles. The lowest BCUT2D eigenvalue weighted by Crippen LogP contribution is -2.16. The minimum Gasteiger partial charge on any atom is -0.493 e. The first-order valence-corrected chi connectivity index (χ1v) is 12.1. The topological polar surface area (TPSA) is 124 Å². The summed E-state index contributed by atoms with van der Waals surface area (Å²) in [5.41, 5.74) is 15.4. The van der Waals surface area contributed by atoms with Crippen LogP contribution in [-0.4, -0.2) is 49.8 Å². The van der Waals surface area contributed by atoms with Gasteiger partial charge in [0.1, 0.15) is 29.2 Å². The summed E-state index contributed by atoms with van der Waals surface area (Å²) in [5, 5.41) is 0. The number of hydrogen-bond donors (Lipinski definition) is 2. The van der Waals surface area contributed by atoms with Crippen molar-refractivity contribution < 1.29 is 23.7 Å². The molecule has 2 atom stereocenters. The Hall–Kier alpha value is -3.56. The van der Waals surface area contributed by atoms with E-state index in [1.54, 1.807) is 20.4 Å². The van der Waals surface area contributed by atoms with Crippen LogP contribution < -0.4 is 25.7 Å². The van der Waals surface area contributed by atoms with Gasteiger partial charge in [0.25, 0.3) is 0 Å². The van der Waals surface area contributed by atoms with Gasteiger partial charge in [0.15, 0.2) is 6.79 Å². The van der Waals surface area contributed by atoms with E-state index in [-0.39, 0.29) is 24.9 Å². The quantitative estimate of drug-likeness (QED) is 0.377. The van der Waals surface area contributed by atoms with E-state index in [1.807, 2.05) is 43.3 Å². The maximum atomic E-state index is 6.72. The van der Waals surface area contributed by atoms with E-state index < -0.39 is 0 Å². The zero-order valence-corrected chi connectivity index (χ0v) is 21.0. The number of methoxy groups -OCH3 is 2. The van der Waals surface area contributed by atoms with Gasteiger partial charge in [0, 0.05) is 38.8 Å². The summed E-state index contributed by atoms with van der Waals surface area (Å²) in [6.07, 6.45) is 5.05. The number of nitrogens with zero attached hydrogens (tertiary/aromatic N) is 2. The van der Waals surface area contributed by atoms with Crippen LogP contribution in [0.1, 0.15) is 37.3 Å². The van der Waals surface area contributed by atoms with Crippen molar-refractivity contribution in [3.05, 3.63) is 53.7 Å². The third kappa shape index (κ3) is 5.98. The first-order valence-electron chi connectivity index (χ1n) is 12.1. The average molecular weight is 495 g/mol. The number of hydrogen-bond acceptors (Lipinski definition) is 9. The Bertz CT molecular complexity index is 1160. The predicted octanol–water partition coefficient (Wildman–Crippen LogP) is 4.23. The fourth-order valence-electron chi connectivity index (χ4n) is 4.44. The monoisotopic (exact) mass is 494 g/mol. The lowest BCUT2D eigenvalue weighted by atomic mass is 9.96. The Morgan fingerprint density at radius 3 is 2.39 bits per heavy atom. The lowest BCUT2D eigenvalue weighted by molar-refractivity contribution is 0.0511. The Morgan fingerprint density at radius 2 is 1.72 bits per heavy atom. The van der Waals surface area contributed by atoms with Gasteiger partial charge >= 0.3 is 0 Å². The van der Waals surface area contributed by atoms with Crippen LogP contribution in [0.3, 0.4) is 0 Å². The van der Waals surface area contributed by atoms with Gasteiger partial charge < -0.3 is 35.2 Å². The van der Waals surface area contributed by atoms with Crippen molar-refractivity contribution in [2.45, 2.75) is 44.8 Å². The van der Waals surface area contributed by atoms with Gasteiger partial charge in [-0.15, -0.1) is 0 Å². The van der Waals surface area contributed by atoms with Crippen molar-refractivity contribution in [2.24, 2.45) is 0 Å². The number of rotatable bonds is 11. The smallest absolute Gasteiger partial charge is 0.221 e. The van der Waals surface area contributed by atoms with Crippen LogP contribution in [0.25, 0.3) is 11.1 Å². The minimum atomic E-state index is 0.0219. The largest absolute Gasteiger partial charge is 0.493 e. The molecule has 2 aromatic carbocycles. The van der Waals surface area contributed by atoms with Crippen molar-refractivity contribution >= 4 is 11.8 Å². The highest BCUT2D eigenvalue weighted by Gasteiger charge is 2.29. The molecular weight excluding hydrogens is 460 g/mol. The zero-order chi connectivity index (χ0) is 25.5. The molecule has 1 aliphatic rings. The lowest BCUT2D eigenvalue weighted by Gasteiger charge is -2.23. The molecule has 9 heteroatoms. The van der Waals surface area contributed by atoms with Crippen LogP contribution in [0.15, 0.2) is 42.6 Å². The van der Waals surface area contributed by atoms with Crippen LogP contribution in [0.2, 0.25) is 0 Å². The number of anilines is 2. The maximum absolute atomic E-state index is 6.72. The summed E-state index contributed by atoms with van der Waals surface area (Å²) >= 11 is 0. The van der Waals surface area contributed by atoms with Crippen molar-refractivity contribution in [1.29, 1.82) is 0 Å². The SMILES string of the molecule is CCOc1ccc(Cc2cnc(N)nc2N)c(OC2CCC(OC)C2)c1-c1ccc(OCOC)cc1. The van der Waals surface area contributed by atoms with Gasteiger partial charge in [-0.2, -0.15) is 4.98 Å². The Balaban J connectivity index is 1.79. The van der Waals surface area contributed by atoms with Gasteiger partial charge in [-0.3, -0.25) is 0 Å². The zero-order valence-electron chi connectivity index (χ0n) is 21.0. The molecule has 3 aromatic rings. The first kappa shape index (κ1) is 25.5. The fraction of sp³-hybridized carbons (Fsp3) is 0.407. The molecule has 1 fully saturated rings. The van der Waals surface area contributed by atoms with Crippen LogP contribution in [0, 0.1) is 0 Å².